The zero-order valence-electron chi connectivity index (χ0n) is 12.7. The molecule has 1 rings (SSSR count). The van der Waals surface area contributed by atoms with Gasteiger partial charge in [-0.1, -0.05) is 0 Å². The number of carbonyl (C=O) groups is 3. The quantitative estimate of drug-likeness (QED) is 0.630. The van der Waals surface area contributed by atoms with Gasteiger partial charge < -0.3 is 25.3 Å². The van der Waals surface area contributed by atoms with E-state index < -0.39 is 24.4 Å². The standard InChI is InChI=1S/C14H17BrN2O6/c1-3-22-13-9(15)4-8(5-10(13)21-2)14(20)23-7-12(19)17-6-11(16)18/h4-5H,3,6-7H2,1-2H3,(H2,16,18)(H,17,19). The number of nitrogens with one attached hydrogen (secondary N) is 1. The molecule has 0 spiro atoms. The van der Waals surface area contributed by atoms with E-state index in [1.54, 1.807) is 0 Å². The molecule has 3 N–H and O–H groups in total. The summed E-state index contributed by atoms with van der Waals surface area (Å²) in [6, 6.07) is 2.94. The summed E-state index contributed by atoms with van der Waals surface area (Å²) in [6.45, 7) is 1.40. The second-order valence-corrected chi connectivity index (χ2v) is 5.10. The van der Waals surface area contributed by atoms with Gasteiger partial charge in [-0.2, -0.15) is 0 Å². The van der Waals surface area contributed by atoms with Crippen molar-refractivity contribution in [3.63, 3.8) is 0 Å². The van der Waals surface area contributed by atoms with E-state index in [0.29, 0.717) is 22.6 Å². The summed E-state index contributed by atoms with van der Waals surface area (Å²) < 4.78 is 16.0. The van der Waals surface area contributed by atoms with Crippen LogP contribution in [0.2, 0.25) is 0 Å². The first kappa shape index (κ1) is 18.8. The predicted molar refractivity (Wildman–Crippen MR) is 84.3 cm³/mol. The van der Waals surface area contributed by atoms with Gasteiger partial charge >= 0.3 is 5.97 Å². The number of amides is 2. The summed E-state index contributed by atoms with van der Waals surface area (Å²) in [5.41, 5.74) is 5.06. The first-order chi connectivity index (χ1) is 10.9. The zero-order chi connectivity index (χ0) is 17.4. The zero-order valence-corrected chi connectivity index (χ0v) is 14.3. The van der Waals surface area contributed by atoms with Crippen molar-refractivity contribution in [2.75, 3.05) is 26.9 Å². The minimum absolute atomic E-state index is 0.180. The van der Waals surface area contributed by atoms with Gasteiger partial charge in [-0.15, -0.1) is 0 Å². The number of hydrogen-bond donors (Lipinski definition) is 2. The van der Waals surface area contributed by atoms with E-state index in [2.05, 4.69) is 21.2 Å². The molecule has 0 aliphatic heterocycles. The molecule has 0 aliphatic carbocycles. The molecule has 1 aromatic rings. The highest BCUT2D eigenvalue weighted by Crippen LogP contribution is 2.36. The van der Waals surface area contributed by atoms with Crippen LogP contribution in [0.25, 0.3) is 0 Å². The average Bonchev–Trinajstić information content (AvgIpc) is 2.52. The first-order valence-corrected chi connectivity index (χ1v) is 7.40. The molecule has 0 fully saturated rings. The van der Waals surface area contributed by atoms with Gasteiger partial charge in [-0.05, 0) is 35.0 Å². The molecule has 2 amide bonds. The number of halogens is 1. The topological polar surface area (TPSA) is 117 Å². The second kappa shape index (κ2) is 8.99. The molecule has 0 atom stereocenters. The van der Waals surface area contributed by atoms with Crippen LogP contribution in [0.4, 0.5) is 0 Å². The normalized spacial score (nSPS) is 9.87. The fourth-order valence-corrected chi connectivity index (χ4v) is 2.13. The molecular weight excluding hydrogens is 372 g/mol. The molecule has 0 radical (unpaired) electrons. The van der Waals surface area contributed by atoms with Gasteiger partial charge in [-0.3, -0.25) is 9.59 Å². The highest BCUT2D eigenvalue weighted by Gasteiger charge is 2.17. The van der Waals surface area contributed by atoms with E-state index in [4.69, 9.17) is 19.9 Å². The SMILES string of the molecule is CCOc1c(Br)cc(C(=O)OCC(=O)NCC(N)=O)cc1OC. The van der Waals surface area contributed by atoms with Crippen molar-refractivity contribution in [2.24, 2.45) is 5.73 Å². The lowest BCUT2D eigenvalue weighted by molar-refractivity contribution is -0.127. The van der Waals surface area contributed by atoms with E-state index in [0.717, 1.165) is 0 Å². The fraction of sp³-hybridized carbons (Fsp3) is 0.357. The average molecular weight is 389 g/mol. The number of primary amides is 1. The molecule has 0 bridgehead atoms. The molecule has 0 saturated carbocycles. The summed E-state index contributed by atoms with van der Waals surface area (Å²) in [7, 11) is 1.44. The number of carbonyl (C=O) groups excluding carboxylic acids is 3. The number of hydrogen-bond acceptors (Lipinski definition) is 6. The van der Waals surface area contributed by atoms with Gasteiger partial charge in [0.05, 0.1) is 30.3 Å². The van der Waals surface area contributed by atoms with Crippen LogP contribution >= 0.6 is 15.9 Å². The van der Waals surface area contributed by atoms with Crippen molar-refractivity contribution in [1.82, 2.24) is 5.32 Å². The lowest BCUT2D eigenvalue weighted by Gasteiger charge is -2.13. The Morgan fingerprint density at radius 3 is 2.57 bits per heavy atom. The first-order valence-electron chi connectivity index (χ1n) is 6.61. The van der Waals surface area contributed by atoms with Crippen molar-refractivity contribution >= 4 is 33.7 Å². The van der Waals surface area contributed by atoms with E-state index >= 15 is 0 Å². The number of rotatable bonds is 8. The van der Waals surface area contributed by atoms with E-state index in [1.165, 1.54) is 19.2 Å². The Hall–Kier alpha value is -2.29. The summed E-state index contributed by atoms with van der Waals surface area (Å²) in [4.78, 5) is 33.9. The van der Waals surface area contributed by atoms with Crippen molar-refractivity contribution in [2.45, 2.75) is 6.92 Å². The largest absolute Gasteiger partial charge is 0.493 e. The van der Waals surface area contributed by atoms with Crippen LogP contribution in [0.1, 0.15) is 17.3 Å². The molecule has 1 aromatic carbocycles. The monoisotopic (exact) mass is 388 g/mol. The fourth-order valence-electron chi connectivity index (χ4n) is 1.57. The molecule has 8 nitrogen and oxygen atoms in total. The Labute approximate surface area is 141 Å². The Bertz CT molecular complexity index is 605. The number of ether oxygens (including phenoxy) is 3. The third-order valence-electron chi connectivity index (χ3n) is 2.55. The Balaban J connectivity index is 2.75. The van der Waals surface area contributed by atoms with Gasteiger partial charge in [0.25, 0.3) is 5.91 Å². The van der Waals surface area contributed by atoms with Crippen LogP contribution in [0.5, 0.6) is 11.5 Å². The Morgan fingerprint density at radius 2 is 2.00 bits per heavy atom. The number of methoxy groups -OCH3 is 1. The minimum Gasteiger partial charge on any atom is -0.493 e. The minimum atomic E-state index is -0.721. The molecule has 0 unspecified atom stereocenters. The van der Waals surface area contributed by atoms with Crippen LogP contribution in [-0.2, 0) is 14.3 Å². The highest BCUT2D eigenvalue weighted by molar-refractivity contribution is 9.10. The van der Waals surface area contributed by atoms with Crippen molar-refractivity contribution in [1.29, 1.82) is 0 Å². The molecular formula is C14H17BrN2O6. The summed E-state index contributed by atoms with van der Waals surface area (Å²) in [6.07, 6.45) is 0. The van der Waals surface area contributed by atoms with Gasteiger partial charge in [0.1, 0.15) is 0 Å². The van der Waals surface area contributed by atoms with Gasteiger partial charge in [0, 0.05) is 0 Å². The van der Waals surface area contributed by atoms with Crippen LogP contribution < -0.4 is 20.5 Å². The number of esters is 1. The molecule has 0 aliphatic rings. The van der Waals surface area contributed by atoms with Crippen LogP contribution in [0.3, 0.4) is 0 Å². The van der Waals surface area contributed by atoms with Crippen molar-refractivity contribution in [3.05, 3.63) is 22.2 Å². The molecule has 0 heterocycles. The Morgan fingerprint density at radius 1 is 1.30 bits per heavy atom. The molecule has 126 valence electrons. The lowest BCUT2D eigenvalue weighted by Crippen LogP contribution is -2.35. The second-order valence-electron chi connectivity index (χ2n) is 4.24. The maximum atomic E-state index is 12.0. The van der Waals surface area contributed by atoms with E-state index in [-0.39, 0.29) is 12.1 Å². The Kier molecular flexibility index (Phi) is 7.33. The molecule has 23 heavy (non-hydrogen) atoms. The van der Waals surface area contributed by atoms with Crippen molar-refractivity contribution in [3.8, 4) is 11.5 Å². The molecule has 0 aromatic heterocycles. The van der Waals surface area contributed by atoms with Gasteiger partial charge in [0.15, 0.2) is 18.1 Å². The summed E-state index contributed by atoms with van der Waals surface area (Å²) in [5, 5.41) is 2.20. The summed E-state index contributed by atoms with van der Waals surface area (Å²) in [5.74, 6) is -1.22. The predicted octanol–water partition coefficient (Wildman–Crippen LogP) is 0.615. The summed E-state index contributed by atoms with van der Waals surface area (Å²) >= 11 is 3.29. The van der Waals surface area contributed by atoms with Gasteiger partial charge in [0.2, 0.25) is 5.91 Å². The van der Waals surface area contributed by atoms with Crippen LogP contribution in [0, 0.1) is 0 Å². The highest BCUT2D eigenvalue weighted by atomic mass is 79.9. The molecule has 9 heteroatoms. The maximum absolute atomic E-state index is 12.0. The van der Waals surface area contributed by atoms with Gasteiger partial charge in [-0.25, -0.2) is 4.79 Å². The third-order valence-corrected chi connectivity index (χ3v) is 3.14. The smallest absolute Gasteiger partial charge is 0.338 e. The number of nitrogens with two attached hydrogens (primary N) is 1. The van der Waals surface area contributed by atoms with Crippen LogP contribution in [-0.4, -0.2) is 44.7 Å². The van der Waals surface area contributed by atoms with E-state index in [9.17, 15) is 14.4 Å². The van der Waals surface area contributed by atoms with Crippen molar-refractivity contribution < 1.29 is 28.6 Å². The number of benzene rings is 1. The van der Waals surface area contributed by atoms with E-state index in [1.807, 2.05) is 6.92 Å². The maximum Gasteiger partial charge on any atom is 0.338 e. The third kappa shape index (κ3) is 5.78. The van der Waals surface area contributed by atoms with Crippen LogP contribution in [0.15, 0.2) is 16.6 Å². The lowest BCUT2D eigenvalue weighted by atomic mass is 10.2. The molecule has 0 saturated heterocycles.